The van der Waals surface area contributed by atoms with Crippen LogP contribution >= 0.6 is 0 Å². The van der Waals surface area contributed by atoms with E-state index in [9.17, 15) is 22.0 Å². The van der Waals surface area contributed by atoms with E-state index in [2.05, 4.69) is 5.10 Å². The standard InChI is InChI=1S/C20H20F3N5O3S/c1-26(2)32(30,31)20-16(19(24)29)18-17(23)14(6-7-28(18)25-20)27-10-13(22)9-15(27)11-4-3-5-12(21)8-11/h3-8,13,15H,9-10H2,1-2H3,(H2,24,29)/t13-,15+/m0/s1. The van der Waals surface area contributed by atoms with Crippen LogP contribution in [0.3, 0.4) is 0 Å². The number of benzene rings is 1. The molecule has 1 aliphatic heterocycles. The number of carbonyl (C=O) groups excluding carboxylic acids is 1. The number of nitrogens with two attached hydrogens (primary N) is 1. The lowest BCUT2D eigenvalue weighted by atomic mass is 10.0. The number of carbonyl (C=O) groups is 1. The lowest BCUT2D eigenvalue weighted by Gasteiger charge is -2.27. The molecule has 0 aliphatic carbocycles. The van der Waals surface area contributed by atoms with Gasteiger partial charge in [0.25, 0.3) is 15.9 Å². The molecule has 32 heavy (non-hydrogen) atoms. The van der Waals surface area contributed by atoms with Crippen LogP contribution in [0.4, 0.5) is 18.9 Å². The molecule has 2 N–H and O–H groups in total. The number of anilines is 1. The molecule has 3 heterocycles. The van der Waals surface area contributed by atoms with Crippen molar-refractivity contribution < 1.29 is 26.4 Å². The molecule has 1 fully saturated rings. The van der Waals surface area contributed by atoms with Gasteiger partial charge in [-0.1, -0.05) is 12.1 Å². The Morgan fingerprint density at radius 2 is 1.97 bits per heavy atom. The van der Waals surface area contributed by atoms with E-state index < -0.39 is 55.9 Å². The average Bonchev–Trinajstić information content (AvgIpc) is 3.30. The number of sulfonamides is 1. The van der Waals surface area contributed by atoms with Crippen molar-refractivity contribution >= 4 is 27.1 Å². The highest BCUT2D eigenvalue weighted by molar-refractivity contribution is 7.89. The fourth-order valence-electron chi connectivity index (χ4n) is 3.95. The maximum absolute atomic E-state index is 15.7. The summed E-state index contributed by atoms with van der Waals surface area (Å²) in [6.07, 6.45) is -0.0246. The number of primary amides is 1. The van der Waals surface area contributed by atoms with Crippen molar-refractivity contribution in [2.24, 2.45) is 5.73 Å². The molecule has 2 atom stereocenters. The number of hydrogen-bond donors (Lipinski definition) is 1. The fraction of sp³-hybridized carbons (Fsp3) is 0.300. The van der Waals surface area contributed by atoms with Crippen molar-refractivity contribution in [3.63, 3.8) is 0 Å². The van der Waals surface area contributed by atoms with E-state index in [0.29, 0.717) is 5.56 Å². The quantitative estimate of drug-likeness (QED) is 0.620. The van der Waals surface area contributed by atoms with Gasteiger partial charge >= 0.3 is 0 Å². The molecule has 1 aromatic carbocycles. The van der Waals surface area contributed by atoms with Crippen molar-refractivity contribution in [2.75, 3.05) is 25.5 Å². The predicted octanol–water partition coefficient (Wildman–Crippen LogP) is 2.25. The molecular weight excluding hydrogens is 447 g/mol. The Morgan fingerprint density at radius 3 is 2.59 bits per heavy atom. The highest BCUT2D eigenvalue weighted by Crippen LogP contribution is 2.40. The Hall–Kier alpha value is -3.12. The third-order valence-corrected chi connectivity index (χ3v) is 7.18. The van der Waals surface area contributed by atoms with Gasteiger partial charge in [-0.2, -0.15) is 5.10 Å². The molecule has 12 heteroatoms. The minimum absolute atomic E-state index is 0.0102. The van der Waals surface area contributed by atoms with Gasteiger partial charge in [0, 0.05) is 33.3 Å². The molecule has 1 saturated heterocycles. The van der Waals surface area contributed by atoms with Crippen LogP contribution in [0.2, 0.25) is 0 Å². The van der Waals surface area contributed by atoms with E-state index in [0.717, 1.165) is 8.82 Å². The zero-order chi connectivity index (χ0) is 23.4. The van der Waals surface area contributed by atoms with E-state index in [-0.39, 0.29) is 18.7 Å². The number of alkyl halides is 1. The second-order valence-electron chi connectivity index (χ2n) is 7.70. The second-order valence-corrected chi connectivity index (χ2v) is 9.76. The summed E-state index contributed by atoms with van der Waals surface area (Å²) < 4.78 is 70.8. The molecule has 0 radical (unpaired) electrons. The van der Waals surface area contributed by atoms with Crippen molar-refractivity contribution in [1.29, 1.82) is 0 Å². The number of amides is 1. The van der Waals surface area contributed by atoms with Crippen LogP contribution in [-0.4, -0.2) is 55.1 Å². The summed E-state index contributed by atoms with van der Waals surface area (Å²) in [5, 5.41) is 3.18. The fourth-order valence-corrected chi connectivity index (χ4v) is 4.94. The maximum atomic E-state index is 15.7. The summed E-state index contributed by atoms with van der Waals surface area (Å²) >= 11 is 0. The number of nitrogens with zero attached hydrogens (tertiary/aromatic N) is 4. The topological polar surface area (TPSA) is 101 Å². The molecule has 170 valence electrons. The van der Waals surface area contributed by atoms with Gasteiger partial charge in [-0.05, 0) is 23.8 Å². The van der Waals surface area contributed by atoms with Crippen molar-refractivity contribution in [3.05, 3.63) is 59.3 Å². The molecule has 4 rings (SSSR count). The summed E-state index contributed by atoms with van der Waals surface area (Å²) in [5.41, 5.74) is 4.74. The third-order valence-electron chi connectivity index (χ3n) is 5.45. The van der Waals surface area contributed by atoms with E-state index in [1.165, 1.54) is 49.5 Å². The zero-order valence-electron chi connectivity index (χ0n) is 17.2. The molecule has 3 aromatic rings. The highest BCUT2D eigenvalue weighted by Gasteiger charge is 2.37. The van der Waals surface area contributed by atoms with Crippen molar-refractivity contribution in [3.8, 4) is 0 Å². The van der Waals surface area contributed by atoms with E-state index in [1.807, 2.05) is 0 Å². The summed E-state index contributed by atoms with van der Waals surface area (Å²) in [5.74, 6) is -2.67. The summed E-state index contributed by atoms with van der Waals surface area (Å²) in [4.78, 5) is 13.6. The van der Waals surface area contributed by atoms with Gasteiger partial charge in [-0.3, -0.25) is 4.79 Å². The van der Waals surface area contributed by atoms with Crippen LogP contribution < -0.4 is 10.6 Å². The molecular formula is C20H20F3N5O3S. The Labute approximate surface area is 182 Å². The molecule has 0 bridgehead atoms. The van der Waals surface area contributed by atoms with Gasteiger partial charge in [-0.15, -0.1) is 0 Å². The van der Waals surface area contributed by atoms with Crippen molar-refractivity contribution in [2.45, 2.75) is 23.7 Å². The molecule has 0 spiro atoms. The summed E-state index contributed by atoms with van der Waals surface area (Å²) in [6, 6.07) is 6.24. The lowest BCUT2D eigenvalue weighted by molar-refractivity contribution is 0.0998. The van der Waals surface area contributed by atoms with Gasteiger partial charge < -0.3 is 10.6 Å². The number of fused-ring (bicyclic) bond motifs is 1. The molecule has 0 saturated carbocycles. The van der Waals surface area contributed by atoms with E-state index in [4.69, 9.17) is 5.73 Å². The van der Waals surface area contributed by atoms with E-state index in [1.54, 1.807) is 6.07 Å². The number of aromatic nitrogens is 2. The molecule has 2 aromatic heterocycles. The predicted molar refractivity (Wildman–Crippen MR) is 111 cm³/mol. The van der Waals surface area contributed by atoms with Crippen LogP contribution in [-0.2, 0) is 10.0 Å². The minimum Gasteiger partial charge on any atom is -0.365 e. The van der Waals surface area contributed by atoms with E-state index >= 15 is 4.39 Å². The molecule has 1 amide bonds. The smallest absolute Gasteiger partial charge is 0.262 e. The second kappa shape index (κ2) is 7.78. The van der Waals surface area contributed by atoms with Gasteiger partial charge in [0.05, 0.1) is 11.7 Å². The minimum atomic E-state index is -4.21. The first kappa shape index (κ1) is 22.1. The first-order valence-electron chi connectivity index (χ1n) is 9.61. The van der Waals surface area contributed by atoms with Crippen LogP contribution in [0.1, 0.15) is 28.4 Å². The SMILES string of the molecule is CN(C)S(=O)(=O)c1nn2ccc(N3C[C@@H](F)C[C@@H]3c3cccc(F)c3)c(F)c2c1C(N)=O. The zero-order valence-corrected chi connectivity index (χ0v) is 18.0. The summed E-state index contributed by atoms with van der Waals surface area (Å²) in [6.45, 7) is -0.169. The maximum Gasteiger partial charge on any atom is 0.262 e. The number of pyridine rings is 1. The van der Waals surface area contributed by atoms with Gasteiger partial charge in [0.15, 0.2) is 5.82 Å². The molecule has 1 aliphatic rings. The van der Waals surface area contributed by atoms with Crippen LogP contribution in [0.5, 0.6) is 0 Å². The lowest BCUT2D eigenvalue weighted by Crippen LogP contribution is -2.26. The third kappa shape index (κ3) is 3.48. The highest BCUT2D eigenvalue weighted by atomic mass is 32.2. The van der Waals surface area contributed by atoms with Gasteiger partial charge in [0.2, 0.25) is 5.03 Å². The Balaban J connectivity index is 1.92. The normalized spacial score (nSPS) is 19.2. The van der Waals surface area contributed by atoms with Gasteiger partial charge in [-0.25, -0.2) is 30.4 Å². The Kier molecular flexibility index (Phi) is 5.37. The van der Waals surface area contributed by atoms with Crippen LogP contribution in [0.25, 0.3) is 5.52 Å². The summed E-state index contributed by atoms with van der Waals surface area (Å²) in [7, 11) is -1.74. The van der Waals surface area contributed by atoms with Gasteiger partial charge in [0.1, 0.15) is 23.1 Å². The Morgan fingerprint density at radius 1 is 1.25 bits per heavy atom. The Bertz CT molecular complexity index is 1330. The molecule has 0 unspecified atom stereocenters. The number of hydrogen-bond acceptors (Lipinski definition) is 5. The number of rotatable bonds is 5. The van der Waals surface area contributed by atoms with Crippen molar-refractivity contribution in [1.82, 2.24) is 13.9 Å². The van der Waals surface area contributed by atoms with Crippen LogP contribution in [0.15, 0.2) is 41.6 Å². The molecule has 8 nitrogen and oxygen atoms in total. The first-order valence-corrected chi connectivity index (χ1v) is 11.1. The number of halogens is 3. The monoisotopic (exact) mass is 467 g/mol. The van der Waals surface area contributed by atoms with Crippen LogP contribution in [0, 0.1) is 11.6 Å². The average molecular weight is 467 g/mol. The largest absolute Gasteiger partial charge is 0.365 e. The first-order chi connectivity index (χ1) is 15.0.